The van der Waals surface area contributed by atoms with Gasteiger partial charge in [0.05, 0.1) is 31.6 Å². The minimum Gasteiger partial charge on any atom is -0.380 e. The highest BCUT2D eigenvalue weighted by Gasteiger charge is 2.09. The van der Waals surface area contributed by atoms with Gasteiger partial charge in [-0.1, -0.05) is 30.3 Å². The predicted octanol–water partition coefficient (Wildman–Crippen LogP) is 2.51. The first-order valence-electron chi connectivity index (χ1n) is 8.41. The molecular formula is C18H27N5O. The van der Waals surface area contributed by atoms with Gasteiger partial charge in [0.15, 0.2) is 5.96 Å². The Morgan fingerprint density at radius 1 is 1.29 bits per heavy atom. The second-order valence-electron chi connectivity index (χ2n) is 5.40. The van der Waals surface area contributed by atoms with Crippen molar-refractivity contribution in [2.75, 3.05) is 33.4 Å². The fourth-order valence-corrected chi connectivity index (χ4v) is 2.34. The van der Waals surface area contributed by atoms with Crippen LogP contribution in [0.2, 0.25) is 0 Å². The van der Waals surface area contributed by atoms with Crippen molar-refractivity contribution in [2.24, 2.45) is 4.99 Å². The molecule has 2 rings (SSSR count). The Morgan fingerprint density at radius 2 is 2.08 bits per heavy atom. The molecule has 6 nitrogen and oxygen atoms in total. The molecule has 0 bridgehead atoms. The Balaban J connectivity index is 1.98. The Morgan fingerprint density at radius 3 is 2.79 bits per heavy atom. The average molecular weight is 329 g/mol. The summed E-state index contributed by atoms with van der Waals surface area (Å²) < 4.78 is 5.34. The molecule has 0 unspecified atom stereocenters. The van der Waals surface area contributed by atoms with Gasteiger partial charge in [-0.05, 0) is 19.4 Å². The molecule has 0 radical (unpaired) electrons. The average Bonchev–Trinajstić information content (AvgIpc) is 3.07. The number of aromatic amines is 1. The van der Waals surface area contributed by atoms with Gasteiger partial charge < -0.3 is 19.9 Å². The van der Waals surface area contributed by atoms with Crippen LogP contribution in [0.25, 0.3) is 11.3 Å². The fourth-order valence-electron chi connectivity index (χ4n) is 2.34. The number of nitrogens with one attached hydrogen (secondary N) is 2. The van der Waals surface area contributed by atoms with Gasteiger partial charge in [0.25, 0.3) is 0 Å². The zero-order valence-corrected chi connectivity index (χ0v) is 14.7. The van der Waals surface area contributed by atoms with E-state index in [1.807, 2.05) is 38.4 Å². The second-order valence-corrected chi connectivity index (χ2v) is 5.40. The minimum absolute atomic E-state index is 0.637. The highest BCUT2D eigenvalue weighted by Crippen LogP contribution is 2.16. The summed E-state index contributed by atoms with van der Waals surface area (Å²) in [6.45, 7) is 7.54. The maximum absolute atomic E-state index is 5.34. The van der Waals surface area contributed by atoms with Crippen molar-refractivity contribution in [1.29, 1.82) is 0 Å². The number of guanidine groups is 1. The summed E-state index contributed by atoms with van der Waals surface area (Å²) in [5, 5.41) is 3.30. The van der Waals surface area contributed by atoms with Crippen LogP contribution >= 0.6 is 0 Å². The van der Waals surface area contributed by atoms with Crippen LogP contribution in [0.5, 0.6) is 0 Å². The molecule has 1 aromatic carbocycles. The number of ether oxygens (including phenoxy) is 1. The normalized spacial score (nSPS) is 11.5. The van der Waals surface area contributed by atoms with Gasteiger partial charge in [0.1, 0.15) is 5.82 Å². The number of H-pyrrole nitrogens is 1. The van der Waals surface area contributed by atoms with Crippen LogP contribution in [0, 0.1) is 0 Å². The Bertz CT molecular complexity index is 623. The Labute approximate surface area is 144 Å². The van der Waals surface area contributed by atoms with Crippen LogP contribution in [0.1, 0.15) is 19.7 Å². The van der Waals surface area contributed by atoms with E-state index in [4.69, 9.17) is 4.74 Å². The van der Waals surface area contributed by atoms with Crippen LogP contribution in [0.4, 0.5) is 0 Å². The lowest BCUT2D eigenvalue weighted by atomic mass is 10.2. The standard InChI is InChI=1S/C18H27N5O/c1-4-19-18(20-11-12-24-5-2)23(3)14-17-21-13-16(22-17)15-9-7-6-8-10-15/h6-10,13H,4-5,11-12,14H2,1-3H3,(H,19,20)(H,21,22). The SMILES string of the molecule is CCNC(=NCCOCC)N(C)Cc1ncc(-c2ccccc2)[nH]1. The quantitative estimate of drug-likeness (QED) is 0.444. The van der Waals surface area contributed by atoms with Crippen molar-refractivity contribution in [3.63, 3.8) is 0 Å². The Hall–Kier alpha value is -2.34. The highest BCUT2D eigenvalue weighted by atomic mass is 16.5. The van der Waals surface area contributed by atoms with E-state index in [1.165, 1.54) is 0 Å². The molecule has 6 heteroatoms. The second kappa shape index (κ2) is 9.72. The largest absolute Gasteiger partial charge is 0.380 e. The number of aromatic nitrogens is 2. The third kappa shape index (κ3) is 5.38. The van der Waals surface area contributed by atoms with Gasteiger partial charge in [0, 0.05) is 20.2 Å². The maximum Gasteiger partial charge on any atom is 0.194 e. The van der Waals surface area contributed by atoms with Crippen molar-refractivity contribution >= 4 is 5.96 Å². The monoisotopic (exact) mass is 329 g/mol. The third-order valence-corrected chi connectivity index (χ3v) is 3.50. The molecule has 0 atom stereocenters. The molecular weight excluding hydrogens is 302 g/mol. The summed E-state index contributed by atoms with van der Waals surface area (Å²) in [6, 6.07) is 10.2. The molecule has 0 saturated heterocycles. The molecule has 1 aromatic heterocycles. The fraction of sp³-hybridized carbons (Fsp3) is 0.444. The number of rotatable bonds is 8. The van der Waals surface area contributed by atoms with Crippen LogP contribution in [-0.4, -0.2) is 54.2 Å². The van der Waals surface area contributed by atoms with Gasteiger partial charge in [-0.3, -0.25) is 4.99 Å². The van der Waals surface area contributed by atoms with Crippen LogP contribution in [0.15, 0.2) is 41.5 Å². The Kier molecular flexibility index (Phi) is 7.29. The molecule has 24 heavy (non-hydrogen) atoms. The van der Waals surface area contributed by atoms with E-state index in [-0.39, 0.29) is 0 Å². The van der Waals surface area contributed by atoms with E-state index >= 15 is 0 Å². The summed E-state index contributed by atoms with van der Waals surface area (Å²) in [6.07, 6.45) is 1.87. The van der Waals surface area contributed by atoms with Crippen LogP contribution < -0.4 is 5.32 Å². The van der Waals surface area contributed by atoms with Gasteiger partial charge in [-0.2, -0.15) is 0 Å². The third-order valence-electron chi connectivity index (χ3n) is 3.50. The van der Waals surface area contributed by atoms with Crippen LogP contribution in [0.3, 0.4) is 0 Å². The van der Waals surface area contributed by atoms with E-state index in [0.29, 0.717) is 19.7 Å². The van der Waals surface area contributed by atoms with Crippen molar-refractivity contribution in [3.8, 4) is 11.3 Å². The zero-order valence-electron chi connectivity index (χ0n) is 14.7. The summed E-state index contributed by atoms with van der Waals surface area (Å²) >= 11 is 0. The van der Waals surface area contributed by atoms with Gasteiger partial charge in [-0.25, -0.2) is 4.98 Å². The first kappa shape index (κ1) is 18.0. The molecule has 0 aliphatic carbocycles. The summed E-state index contributed by atoms with van der Waals surface area (Å²) in [4.78, 5) is 14.5. The molecule has 0 fully saturated rings. The predicted molar refractivity (Wildman–Crippen MR) is 98.0 cm³/mol. The van der Waals surface area contributed by atoms with Gasteiger partial charge in [-0.15, -0.1) is 0 Å². The summed E-state index contributed by atoms with van der Waals surface area (Å²) in [5.74, 6) is 1.77. The first-order valence-corrected chi connectivity index (χ1v) is 8.41. The first-order chi connectivity index (χ1) is 11.7. The lowest BCUT2D eigenvalue weighted by Gasteiger charge is -2.21. The lowest BCUT2D eigenvalue weighted by molar-refractivity contribution is 0.155. The number of imidazole rings is 1. The summed E-state index contributed by atoms with van der Waals surface area (Å²) in [5.41, 5.74) is 2.16. The van der Waals surface area contributed by atoms with Crippen molar-refractivity contribution in [2.45, 2.75) is 20.4 Å². The summed E-state index contributed by atoms with van der Waals surface area (Å²) in [7, 11) is 2.01. The molecule has 2 aromatic rings. The maximum atomic E-state index is 5.34. The van der Waals surface area contributed by atoms with E-state index in [2.05, 4.69) is 44.2 Å². The molecule has 130 valence electrons. The number of hydrogen-bond acceptors (Lipinski definition) is 3. The molecule has 2 N–H and O–H groups in total. The van der Waals surface area contributed by atoms with Crippen LogP contribution in [-0.2, 0) is 11.3 Å². The molecule has 0 aliphatic rings. The molecule has 0 spiro atoms. The topological polar surface area (TPSA) is 65.5 Å². The van der Waals surface area contributed by atoms with Crippen molar-refractivity contribution in [3.05, 3.63) is 42.4 Å². The van der Waals surface area contributed by atoms with E-state index in [9.17, 15) is 0 Å². The lowest BCUT2D eigenvalue weighted by Crippen LogP contribution is -2.39. The molecule has 0 saturated carbocycles. The zero-order chi connectivity index (χ0) is 17.2. The van der Waals surface area contributed by atoms with Gasteiger partial charge >= 0.3 is 0 Å². The number of benzene rings is 1. The van der Waals surface area contributed by atoms with E-state index in [1.54, 1.807) is 0 Å². The number of aliphatic imine (C=N–C) groups is 1. The number of nitrogens with zero attached hydrogens (tertiary/aromatic N) is 3. The van der Waals surface area contributed by atoms with Crippen molar-refractivity contribution < 1.29 is 4.74 Å². The van der Waals surface area contributed by atoms with Crippen molar-refractivity contribution in [1.82, 2.24) is 20.2 Å². The molecule has 1 heterocycles. The number of hydrogen-bond donors (Lipinski definition) is 2. The van der Waals surface area contributed by atoms with E-state index < -0.39 is 0 Å². The van der Waals surface area contributed by atoms with Gasteiger partial charge in [0.2, 0.25) is 0 Å². The smallest absolute Gasteiger partial charge is 0.194 e. The van der Waals surface area contributed by atoms with E-state index in [0.717, 1.165) is 36.2 Å². The minimum atomic E-state index is 0.637. The highest BCUT2D eigenvalue weighted by molar-refractivity contribution is 5.79. The molecule has 0 aliphatic heterocycles. The molecule has 0 amide bonds.